The van der Waals surface area contributed by atoms with E-state index in [0.29, 0.717) is 0 Å². The quantitative estimate of drug-likeness (QED) is 0.588. The standard InChI is InChI=1S/C17H20N2O7/c20-8-12-14(22)15(23)16(26-12)18-7-6-13(21)19(17(18)24)10-25-9-11-4-2-1-3-5-11/h1-7,12,14-16,20,22-23H,8-10H2/t12-,14+,15+,16-/m1/s1. The lowest BCUT2D eigenvalue weighted by Gasteiger charge is -2.18. The molecule has 0 spiro atoms. The summed E-state index contributed by atoms with van der Waals surface area (Å²) in [4.78, 5) is 24.6. The summed E-state index contributed by atoms with van der Waals surface area (Å²) in [5.74, 6) is 0. The van der Waals surface area contributed by atoms with Crippen molar-refractivity contribution in [1.82, 2.24) is 9.13 Å². The van der Waals surface area contributed by atoms with E-state index in [1.165, 1.54) is 6.20 Å². The average Bonchev–Trinajstić information content (AvgIpc) is 2.93. The first kappa shape index (κ1) is 18.5. The molecule has 1 aromatic carbocycles. The van der Waals surface area contributed by atoms with Crippen LogP contribution in [0, 0.1) is 0 Å². The number of benzene rings is 1. The molecule has 1 saturated heterocycles. The summed E-state index contributed by atoms with van der Waals surface area (Å²) in [5, 5.41) is 29.0. The van der Waals surface area contributed by atoms with Crippen molar-refractivity contribution in [2.24, 2.45) is 0 Å². The first-order chi connectivity index (χ1) is 12.5. The van der Waals surface area contributed by atoms with Gasteiger partial charge in [-0.2, -0.15) is 0 Å². The number of aliphatic hydroxyl groups excluding tert-OH is 3. The monoisotopic (exact) mass is 364 g/mol. The number of ether oxygens (including phenoxy) is 2. The summed E-state index contributed by atoms with van der Waals surface area (Å²) in [6, 6.07) is 10.4. The van der Waals surface area contributed by atoms with Crippen LogP contribution in [-0.2, 0) is 22.8 Å². The minimum atomic E-state index is -1.42. The molecule has 2 heterocycles. The van der Waals surface area contributed by atoms with Crippen molar-refractivity contribution in [3.8, 4) is 0 Å². The molecule has 3 N–H and O–H groups in total. The van der Waals surface area contributed by atoms with Crippen LogP contribution in [0.25, 0.3) is 0 Å². The van der Waals surface area contributed by atoms with Crippen LogP contribution in [-0.4, -0.2) is 49.4 Å². The third kappa shape index (κ3) is 3.62. The van der Waals surface area contributed by atoms with Crippen molar-refractivity contribution in [3.63, 3.8) is 0 Å². The van der Waals surface area contributed by atoms with Gasteiger partial charge in [0.25, 0.3) is 5.56 Å². The number of aromatic nitrogens is 2. The highest BCUT2D eigenvalue weighted by molar-refractivity contribution is 5.13. The molecule has 1 aliphatic rings. The third-order valence-electron chi connectivity index (χ3n) is 4.22. The normalized spacial score (nSPS) is 25.5. The maximum absolute atomic E-state index is 12.6. The Morgan fingerprint density at radius 1 is 1.08 bits per heavy atom. The molecular formula is C17H20N2O7. The van der Waals surface area contributed by atoms with E-state index in [1.54, 1.807) is 0 Å². The van der Waals surface area contributed by atoms with E-state index in [1.807, 2.05) is 30.3 Å². The fourth-order valence-corrected chi connectivity index (χ4v) is 2.78. The van der Waals surface area contributed by atoms with Gasteiger partial charge in [-0.15, -0.1) is 0 Å². The van der Waals surface area contributed by atoms with E-state index in [0.717, 1.165) is 20.8 Å². The van der Waals surface area contributed by atoms with Crippen molar-refractivity contribution < 1.29 is 24.8 Å². The topological polar surface area (TPSA) is 123 Å². The summed E-state index contributed by atoms with van der Waals surface area (Å²) in [5.41, 5.74) is -0.424. The van der Waals surface area contributed by atoms with Crippen LogP contribution in [0.5, 0.6) is 0 Å². The molecule has 9 nitrogen and oxygen atoms in total. The van der Waals surface area contributed by atoms with E-state index in [2.05, 4.69) is 0 Å². The minimum absolute atomic E-state index is 0.218. The Balaban J connectivity index is 1.79. The second-order valence-electron chi connectivity index (χ2n) is 5.96. The number of rotatable bonds is 6. The van der Waals surface area contributed by atoms with Gasteiger partial charge in [-0.1, -0.05) is 30.3 Å². The van der Waals surface area contributed by atoms with Gasteiger partial charge in [0.2, 0.25) is 0 Å². The van der Waals surface area contributed by atoms with E-state index in [4.69, 9.17) is 14.6 Å². The molecule has 0 unspecified atom stereocenters. The van der Waals surface area contributed by atoms with Gasteiger partial charge >= 0.3 is 5.69 Å². The SMILES string of the molecule is O=c1ccn([C@@H]2O[C@H](CO)[C@H](O)[C@@H]2O)c(=O)n1COCc1ccccc1. The largest absolute Gasteiger partial charge is 0.394 e. The van der Waals surface area contributed by atoms with Crippen molar-refractivity contribution in [3.05, 3.63) is 69.0 Å². The summed E-state index contributed by atoms with van der Waals surface area (Å²) in [6.45, 7) is -0.568. The number of hydrogen-bond acceptors (Lipinski definition) is 7. The maximum Gasteiger partial charge on any atom is 0.335 e. The van der Waals surface area contributed by atoms with Crippen LogP contribution < -0.4 is 11.2 Å². The fourth-order valence-electron chi connectivity index (χ4n) is 2.78. The summed E-state index contributed by atoms with van der Waals surface area (Å²) in [6.07, 6.45) is -3.81. The van der Waals surface area contributed by atoms with Crippen LogP contribution >= 0.6 is 0 Å². The second kappa shape index (κ2) is 7.94. The molecule has 1 aromatic heterocycles. The fraction of sp³-hybridized carbons (Fsp3) is 0.412. The van der Waals surface area contributed by atoms with Gasteiger partial charge in [-0.05, 0) is 5.56 Å². The first-order valence-electron chi connectivity index (χ1n) is 8.09. The summed E-state index contributed by atoms with van der Waals surface area (Å²) < 4.78 is 12.6. The van der Waals surface area contributed by atoms with Gasteiger partial charge in [0.15, 0.2) is 6.23 Å². The average molecular weight is 364 g/mol. The lowest BCUT2D eigenvalue weighted by Crippen LogP contribution is -2.43. The van der Waals surface area contributed by atoms with Crippen molar-refractivity contribution in [2.75, 3.05) is 6.61 Å². The number of nitrogens with zero attached hydrogens (tertiary/aromatic N) is 2. The van der Waals surface area contributed by atoms with E-state index in [-0.39, 0.29) is 13.3 Å². The molecule has 4 atom stereocenters. The van der Waals surface area contributed by atoms with Crippen LogP contribution in [0.15, 0.2) is 52.2 Å². The zero-order chi connectivity index (χ0) is 18.7. The van der Waals surface area contributed by atoms with Crippen LogP contribution in [0.1, 0.15) is 11.8 Å². The van der Waals surface area contributed by atoms with Crippen molar-refractivity contribution in [2.45, 2.75) is 37.9 Å². The molecule has 0 amide bonds. The molecule has 0 radical (unpaired) electrons. The molecule has 0 aliphatic carbocycles. The Kier molecular flexibility index (Phi) is 5.64. The predicted molar refractivity (Wildman–Crippen MR) is 89.2 cm³/mol. The molecular weight excluding hydrogens is 344 g/mol. The highest BCUT2D eigenvalue weighted by atomic mass is 16.6. The van der Waals surface area contributed by atoms with Crippen LogP contribution in [0.2, 0.25) is 0 Å². The molecule has 26 heavy (non-hydrogen) atoms. The summed E-state index contributed by atoms with van der Waals surface area (Å²) >= 11 is 0. The maximum atomic E-state index is 12.6. The zero-order valence-corrected chi connectivity index (χ0v) is 13.8. The highest BCUT2D eigenvalue weighted by Gasteiger charge is 2.43. The van der Waals surface area contributed by atoms with Gasteiger partial charge in [-0.3, -0.25) is 9.36 Å². The molecule has 1 aliphatic heterocycles. The molecule has 1 fully saturated rings. The smallest absolute Gasteiger partial charge is 0.335 e. The van der Waals surface area contributed by atoms with Gasteiger partial charge in [0, 0.05) is 12.3 Å². The van der Waals surface area contributed by atoms with E-state index >= 15 is 0 Å². The Bertz CT molecular complexity index is 848. The van der Waals surface area contributed by atoms with Gasteiger partial charge in [0.05, 0.1) is 13.2 Å². The van der Waals surface area contributed by atoms with Gasteiger partial charge in [-0.25, -0.2) is 9.36 Å². The van der Waals surface area contributed by atoms with Crippen LogP contribution in [0.4, 0.5) is 0 Å². The molecule has 0 saturated carbocycles. The van der Waals surface area contributed by atoms with Crippen molar-refractivity contribution >= 4 is 0 Å². The Hall–Kier alpha value is -2.30. The lowest BCUT2D eigenvalue weighted by atomic mass is 10.1. The number of aliphatic hydroxyl groups is 3. The highest BCUT2D eigenvalue weighted by Crippen LogP contribution is 2.27. The lowest BCUT2D eigenvalue weighted by molar-refractivity contribution is -0.0566. The molecule has 2 aromatic rings. The molecule has 140 valence electrons. The first-order valence-corrected chi connectivity index (χ1v) is 8.09. The third-order valence-corrected chi connectivity index (χ3v) is 4.22. The van der Waals surface area contributed by atoms with Gasteiger partial charge in [0.1, 0.15) is 25.0 Å². The minimum Gasteiger partial charge on any atom is -0.394 e. The van der Waals surface area contributed by atoms with Gasteiger partial charge < -0.3 is 24.8 Å². The Morgan fingerprint density at radius 2 is 1.81 bits per heavy atom. The molecule has 0 bridgehead atoms. The number of hydrogen-bond donors (Lipinski definition) is 3. The van der Waals surface area contributed by atoms with Crippen LogP contribution in [0.3, 0.4) is 0 Å². The Labute approximate surface area is 148 Å². The summed E-state index contributed by atoms with van der Waals surface area (Å²) in [7, 11) is 0. The van der Waals surface area contributed by atoms with E-state index < -0.39 is 42.4 Å². The second-order valence-corrected chi connectivity index (χ2v) is 5.96. The molecule has 9 heteroatoms. The molecule has 3 rings (SSSR count). The van der Waals surface area contributed by atoms with E-state index in [9.17, 15) is 19.8 Å². The van der Waals surface area contributed by atoms with Crippen molar-refractivity contribution in [1.29, 1.82) is 0 Å². The predicted octanol–water partition coefficient (Wildman–Crippen LogP) is -1.20. The zero-order valence-electron chi connectivity index (χ0n) is 13.8. The Morgan fingerprint density at radius 3 is 2.46 bits per heavy atom.